The molecule has 1 aliphatic rings. The summed E-state index contributed by atoms with van der Waals surface area (Å²) in [5, 5.41) is -0.307. The Hall–Kier alpha value is -2.85. The molecule has 3 aromatic rings. The fourth-order valence-corrected chi connectivity index (χ4v) is 5.09. The van der Waals surface area contributed by atoms with E-state index in [1.807, 2.05) is 4.90 Å². The fraction of sp³-hybridized carbons (Fsp3) is 0.300. The lowest BCUT2D eigenvalue weighted by molar-refractivity contribution is 0.599. The first-order valence-electron chi connectivity index (χ1n) is 9.57. The van der Waals surface area contributed by atoms with Crippen molar-refractivity contribution in [3.05, 3.63) is 61.9 Å². The second-order valence-electron chi connectivity index (χ2n) is 7.46. The molecular weight excluding hydrogens is 447 g/mol. The number of benzene rings is 2. The molecule has 1 saturated heterocycles. The van der Waals surface area contributed by atoms with Crippen molar-refractivity contribution >= 4 is 44.0 Å². The topological polar surface area (TPSA) is 93.4 Å². The molecule has 8 nitrogen and oxygen atoms in total. The van der Waals surface area contributed by atoms with Crippen LogP contribution >= 0.6 is 11.6 Å². The summed E-state index contributed by atoms with van der Waals surface area (Å²) in [6, 6.07) is 6.39. The van der Waals surface area contributed by atoms with Gasteiger partial charge in [0.1, 0.15) is 5.82 Å². The Morgan fingerprint density at radius 1 is 0.968 bits per heavy atom. The average molecular weight is 467 g/mol. The van der Waals surface area contributed by atoms with Crippen molar-refractivity contribution in [2.75, 3.05) is 22.7 Å². The quantitative estimate of drug-likeness (QED) is 0.596. The number of nitrogens with one attached hydrogen (secondary N) is 1. The van der Waals surface area contributed by atoms with Crippen molar-refractivity contribution in [1.82, 2.24) is 9.13 Å². The van der Waals surface area contributed by atoms with E-state index in [-0.39, 0.29) is 15.6 Å². The summed E-state index contributed by atoms with van der Waals surface area (Å²) < 4.78 is 44.5. The van der Waals surface area contributed by atoms with Crippen molar-refractivity contribution in [2.24, 2.45) is 14.1 Å². The van der Waals surface area contributed by atoms with E-state index in [0.717, 1.165) is 44.1 Å². The van der Waals surface area contributed by atoms with Crippen LogP contribution in [-0.2, 0) is 24.1 Å². The number of hydrogen-bond acceptors (Lipinski definition) is 5. The SMILES string of the molecule is Cn1c(=O)c(=O)n(C)c2cc(N3CCCC3)c(NS(=O)(=O)c3ccc(F)c(Cl)c3)cc21. The van der Waals surface area contributed by atoms with Crippen LogP contribution in [0.1, 0.15) is 12.8 Å². The number of aromatic nitrogens is 2. The summed E-state index contributed by atoms with van der Waals surface area (Å²) in [5.74, 6) is -0.722. The zero-order valence-corrected chi connectivity index (χ0v) is 18.4. The van der Waals surface area contributed by atoms with E-state index >= 15 is 0 Å². The fourth-order valence-electron chi connectivity index (χ4n) is 3.76. The Morgan fingerprint density at radius 2 is 1.55 bits per heavy atom. The molecule has 1 aromatic heterocycles. The smallest absolute Gasteiger partial charge is 0.316 e. The first-order chi connectivity index (χ1) is 14.6. The lowest BCUT2D eigenvalue weighted by Gasteiger charge is -2.24. The van der Waals surface area contributed by atoms with Crippen LogP contribution in [0.25, 0.3) is 11.0 Å². The molecule has 0 unspecified atom stereocenters. The van der Waals surface area contributed by atoms with E-state index in [0.29, 0.717) is 16.7 Å². The van der Waals surface area contributed by atoms with Gasteiger partial charge in [0.25, 0.3) is 10.0 Å². The lowest BCUT2D eigenvalue weighted by Crippen LogP contribution is -2.39. The van der Waals surface area contributed by atoms with Crippen LogP contribution < -0.4 is 20.7 Å². The maximum absolute atomic E-state index is 13.5. The minimum atomic E-state index is -4.10. The molecule has 31 heavy (non-hydrogen) atoms. The van der Waals surface area contributed by atoms with Gasteiger partial charge in [-0.25, -0.2) is 12.8 Å². The normalized spacial score (nSPS) is 14.4. The highest BCUT2D eigenvalue weighted by atomic mass is 35.5. The molecule has 11 heteroatoms. The molecule has 0 radical (unpaired) electrons. The molecule has 4 rings (SSSR count). The third kappa shape index (κ3) is 3.70. The van der Waals surface area contributed by atoms with Gasteiger partial charge in [-0.1, -0.05) is 11.6 Å². The summed E-state index contributed by atoms with van der Waals surface area (Å²) in [7, 11) is -1.14. The molecule has 164 valence electrons. The molecule has 1 fully saturated rings. The molecule has 2 heterocycles. The third-order valence-corrected chi connectivity index (χ3v) is 7.15. The van der Waals surface area contributed by atoms with Crippen molar-refractivity contribution < 1.29 is 12.8 Å². The molecule has 0 spiro atoms. The van der Waals surface area contributed by atoms with Crippen LogP contribution in [0.4, 0.5) is 15.8 Å². The number of sulfonamides is 1. The van der Waals surface area contributed by atoms with Gasteiger partial charge < -0.3 is 14.0 Å². The predicted molar refractivity (Wildman–Crippen MR) is 118 cm³/mol. The molecule has 1 N–H and O–H groups in total. The molecule has 2 aromatic carbocycles. The van der Waals surface area contributed by atoms with Gasteiger partial charge in [-0.05, 0) is 43.2 Å². The zero-order valence-electron chi connectivity index (χ0n) is 16.9. The number of aryl methyl sites for hydroxylation is 2. The van der Waals surface area contributed by atoms with Crippen LogP contribution in [0.5, 0.6) is 0 Å². The molecule has 0 atom stereocenters. The van der Waals surface area contributed by atoms with Crippen molar-refractivity contribution in [2.45, 2.75) is 17.7 Å². The number of anilines is 2. The van der Waals surface area contributed by atoms with Gasteiger partial charge in [-0.15, -0.1) is 0 Å². The largest absolute Gasteiger partial charge is 0.370 e. The van der Waals surface area contributed by atoms with Gasteiger partial charge >= 0.3 is 11.1 Å². The Labute approximate surface area is 182 Å². The summed E-state index contributed by atoms with van der Waals surface area (Å²) in [6.45, 7) is 1.45. The highest BCUT2D eigenvalue weighted by Gasteiger charge is 2.23. The van der Waals surface area contributed by atoms with Crippen LogP contribution in [0, 0.1) is 5.82 Å². The number of rotatable bonds is 4. The Balaban J connectivity index is 1.93. The highest BCUT2D eigenvalue weighted by molar-refractivity contribution is 7.92. The minimum Gasteiger partial charge on any atom is -0.370 e. The minimum absolute atomic E-state index is 0.194. The summed E-state index contributed by atoms with van der Waals surface area (Å²) in [6.07, 6.45) is 1.90. The molecule has 0 saturated carbocycles. The summed E-state index contributed by atoms with van der Waals surface area (Å²) in [5.41, 5.74) is 0.352. The molecule has 0 bridgehead atoms. The van der Waals surface area contributed by atoms with Crippen molar-refractivity contribution in [3.63, 3.8) is 0 Å². The van der Waals surface area contributed by atoms with Gasteiger partial charge in [0.15, 0.2) is 0 Å². The van der Waals surface area contributed by atoms with Crippen molar-refractivity contribution in [3.8, 4) is 0 Å². The van der Waals surface area contributed by atoms with Crippen LogP contribution in [0.3, 0.4) is 0 Å². The first-order valence-corrected chi connectivity index (χ1v) is 11.4. The van der Waals surface area contributed by atoms with Gasteiger partial charge in [0, 0.05) is 27.2 Å². The second kappa shape index (κ2) is 7.69. The second-order valence-corrected chi connectivity index (χ2v) is 9.55. The number of halogens is 2. The standard InChI is InChI=1S/C20H20ClFN4O4S/c1-24-17-10-15(23-31(29,30)12-5-6-14(22)13(21)9-12)16(26-7-3-4-8-26)11-18(17)25(2)20(28)19(24)27/h5-6,9-11,23H,3-4,7-8H2,1-2H3. The zero-order chi connectivity index (χ0) is 22.5. The number of fused-ring (bicyclic) bond motifs is 1. The predicted octanol–water partition coefficient (Wildman–Crippen LogP) is 2.43. The molecule has 1 aliphatic heterocycles. The highest BCUT2D eigenvalue weighted by Crippen LogP contribution is 2.34. The average Bonchev–Trinajstić information content (AvgIpc) is 3.26. The van der Waals surface area contributed by atoms with Gasteiger partial charge in [-0.3, -0.25) is 14.3 Å². The summed E-state index contributed by atoms with van der Waals surface area (Å²) >= 11 is 5.76. The van der Waals surface area contributed by atoms with Crippen LogP contribution in [0.2, 0.25) is 5.02 Å². The third-order valence-electron chi connectivity index (χ3n) is 5.50. The van der Waals surface area contributed by atoms with Crippen molar-refractivity contribution in [1.29, 1.82) is 0 Å². The number of hydrogen-bond donors (Lipinski definition) is 1. The maximum Gasteiger partial charge on any atom is 0.316 e. The Morgan fingerprint density at radius 3 is 2.13 bits per heavy atom. The molecule has 0 amide bonds. The van der Waals surface area contributed by atoms with E-state index in [4.69, 9.17) is 11.6 Å². The molecular formula is C20H20ClFN4O4S. The van der Waals surface area contributed by atoms with Crippen LogP contribution in [-0.4, -0.2) is 30.6 Å². The molecule has 0 aliphatic carbocycles. The van der Waals surface area contributed by atoms with Gasteiger partial charge in [0.05, 0.1) is 32.3 Å². The van der Waals surface area contributed by atoms with E-state index in [2.05, 4.69) is 4.72 Å². The first kappa shape index (κ1) is 21.4. The maximum atomic E-state index is 13.5. The lowest BCUT2D eigenvalue weighted by atomic mass is 10.2. The monoisotopic (exact) mass is 466 g/mol. The van der Waals surface area contributed by atoms with E-state index < -0.39 is 27.0 Å². The van der Waals surface area contributed by atoms with E-state index in [1.165, 1.54) is 29.3 Å². The number of nitrogens with zero attached hydrogens (tertiary/aromatic N) is 3. The Bertz CT molecular complexity index is 1430. The van der Waals surface area contributed by atoms with Crippen LogP contribution in [0.15, 0.2) is 44.8 Å². The van der Waals surface area contributed by atoms with Gasteiger partial charge in [0.2, 0.25) is 0 Å². The van der Waals surface area contributed by atoms with E-state index in [9.17, 15) is 22.4 Å². The van der Waals surface area contributed by atoms with E-state index in [1.54, 1.807) is 6.07 Å². The Kier molecular flexibility index (Phi) is 5.30. The van der Waals surface area contributed by atoms with Gasteiger partial charge in [-0.2, -0.15) is 0 Å². The summed E-state index contributed by atoms with van der Waals surface area (Å²) in [4.78, 5) is 26.3.